The number of allylic oxidation sites excluding steroid dienone is 1. The Morgan fingerprint density at radius 2 is 1.72 bits per heavy atom. The molecule has 4 rings (SSSR count). The van der Waals surface area contributed by atoms with Crippen LogP contribution in [0.1, 0.15) is 28.9 Å². The molecule has 0 bridgehead atoms. The molecule has 2 aliphatic rings. The summed E-state index contributed by atoms with van der Waals surface area (Å²) in [5.41, 5.74) is 6.99. The lowest BCUT2D eigenvalue weighted by Gasteiger charge is -2.34. The van der Waals surface area contributed by atoms with Crippen LogP contribution < -0.4 is 21.3 Å². The molecule has 12 nitrogen and oxygen atoms in total. The number of morpholine rings is 1. The Morgan fingerprint density at radius 1 is 1.03 bits per heavy atom. The van der Waals surface area contributed by atoms with E-state index in [1.54, 1.807) is 35.2 Å². The topological polar surface area (TPSA) is 167 Å². The highest BCUT2D eigenvalue weighted by molar-refractivity contribution is 6.07. The summed E-state index contributed by atoms with van der Waals surface area (Å²) in [7, 11) is 0. The number of piperidine rings is 1. The molecule has 0 spiro atoms. The molecule has 5 N–H and O–H groups in total. The molecule has 3 heterocycles. The van der Waals surface area contributed by atoms with Gasteiger partial charge >= 0.3 is 12.0 Å². The van der Waals surface area contributed by atoms with Crippen molar-refractivity contribution < 1.29 is 29.0 Å². The maximum Gasteiger partial charge on any atom is 0.320 e. The van der Waals surface area contributed by atoms with Crippen LogP contribution in [0.25, 0.3) is 6.08 Å². The van der Waals surface area contributed by atoms with E-state index in [4.69, 9.17) is 15.6 Å². The smallest absolute Gasteiger partial charge is 0.320 e. The normalized spacial score (nSPS) is 17.5. The molecule has 0 aliphatic carbocycles. The number of benzene rings is 1. The number of nitrogens with two attached hydrogens (primary N) is 1. The number of ketones is 1. The van der Waals surface area contributed by atoms with Gasteiger partial charge in [-0.1, -0.05) is 6.07 Å². The molecule has 12 heteroatoms. The summed E-state index contributed by atoms with van der Waals surface area (Å²) in [4.78, 5) is 56.7. The van der Waals surface area contributed by atoms with E-state index < -0.39 is 30.0 Å². The average Bonchev–Trinajstić information content (AvgIpc) is 2.95. The zero-order valence-corrected chi connectivity index (χ0v) is 21.4. The number of ether oxygens (including phenoxy) is 1. The molecule has 2 aromatic rings. The van der Waals surface area contributed by atoms with Crippen LogP contribution in [0.2, 0.25) is 0 Å². The number of hydrogen-bond donors (Lipinski definition) is 4. The van der Waals surface area contributed by atoms with Gasteiger partial charge in [0.1, 0.15) is 5.82 Å². The van der Waals surface area contributed by atoms with Crippen molar-refractivity contribution >= 4 is 41.3 Å². The minimum atomic E-state index is -1.07. The number of amides is 3. The Bertz CT molecular complexity index is 1220. The van der Waals surface area contributed by atoms with Crippen molar-refractivity contribution in [2.45, 2.75) is 19.0 Å². The molecule has 1 aromatic carbocycles. The second kappa shape index (κ2) is 13.0. The van der Waals surface area contributed by atoms with Crippen LogP contribution in [0.5, 0.6) is 0 Å². The minimum absolute atomic E-state index is 0.219. The summed E-state index contributed by atoms with van der Waals surface area (Å²) >= 11 is 0. The second-order valence-electron chi connectivity index (χ2n) is 9.35. The van der Waals surface area contributed by atoms with Gasteiger partial charge in [-0.3, -0.25) is 19.3 Å². The van der Waals surface area contributed by atoms with E-state index in [9.17, 15) is 19.2 Å². The molecular weight excluding hydrogens is 504 g/mol. The van der Waals surface area contributed by atoms with Crippen molar-refractivity contribution in [3.05, 3.63) is 59.8 Å². The number of pyridine rings is 1. The number of carboxylic acids is 1. The summed E-state index contributed by atoms with van der Waals surface area (Å²) < 4.78 is 5.38. The molecule has 0 saturated carbocycles. The van der Waals surface area contributed by atoms with Crippen molar-refractivity contribution in [1.82, 2.24) is 15.2 Å². The van der Waals surface area contributed by atoms with Gasteiger partial charge in [0.05, 0.1) is 24.8 Å². The number of carbonyl (C=O) groups is 4. The number of nitrogens with one attached hydrogen (secondary N) is 2. The fourth-order valence-corrected chi connectivity index (χ4v) is 4.51. The van der Waals surface area contributed by atoms with Crippen LogP contribution >= 0.6 is 0 Å². The van der Waals surface area contributed by atoms with E-state index in [0.717, 1.165) is 18.9 Å². The summed E-state index contributed by atoms with van der Waals surface area (Å²) in [6, 6.07) is 11.3. The number of rotatable bonds is 9. The van der Waals surface area contributed by atoms with Gasteiger partial charge in [0.15, 0.2) is 11.9 Å². The number of carbonyl (C=O) groups excluding carboxylic acids is 3. The predicted molar refractivity (Wildman–Crippen MR) is 144 cm³/mol. The Hall–Kier alpha value is -4.29. The molecule has 3 amide bonds. The fourth-order valence-electron chi connectivity index (χ4n) is 4.51. The minimum Gasteiger partial charge on any atom is -0.481 e. The number of urea groups is 1. The summed E-state index contributed by atoms with van der Waals surface area (Å²) in [5, 5.41) is 14.3. The summed E-state index contributed by atoms with van der Waals surface area (Å²) in [6.45, 7) is 3.50. The maximum atomic E-state index is 12.7. The number of nitrogens with zero attached hydrogens (tertiary/aromatic N) is 3. The monoisotopic (exact) mass is 536 g/mol. The van der Waals surface area contributed by atoms with E-state index in [-0.39, 0.29) is 5.78 Å². The zero-order valence-electron chi connectivity index (χ0n) is 21.4. The van der Waals surface area contributed by atoms with Gasteiger partial charge in [-0.15, -0.1) is 0 Å². The van der Waals surface area contributed by atoms with Crippen molar-refractivity contribution in [3.63, 3.8) is 0 Å². The summed E-state index contributed by atoms with van der Waals surface area (Å²) in [6.07, 6.45) is 2.77. The van der Waals surface area contributed by atoms with Crippen LogP contribution in [0.4, 0.5) is 16.3 Å². The lowest BCUT2D eigenvalue weighted by molar-refractivity contribution is -0.143. The summed E-state index contributed by atoms with van der Waals surface area (Å²) in [5.74, 6) is -1.47. The van der Waals surface area contributed by atoms with Crippen molar-refractivity contribution in [2.75, 3.05) is 49.6 Å². The van der Waals surface area contributed by atoms with Gasteiger partial charge in [-0.2, -0.15) is 0 Å². The maximum absolute atomic E-state index is 12.7. The Morgan fingerprint density at radius 3 is 2.36 bits per heavy atom. The lowest BCUT2D eigenvalue weighted by Crippen LogP contribution is -2.58. The third kappa shape index (κ3) is 7.62. The first-order valence-corrected chi connectivity index (χ1v) is 12.8. The highest BCUT2D eigenvalue weighted by Crippen LogP contribution is 2.19. The average molecular weight is 537 g/mol. The van der Waals surface area contributed by atoms with Gasteiger partial charge < -0.3 is 31.1 Å². The number of aliphatic carboxylic acids is 1. The molecule has 206 valence electrons. The number of anilines is 2. The Labute approximate surface area is 225 Å². The SMILES string of the molecule is NC(=O)C(NC(=O)Nc1ccc(C(=O)C=Cc2cccc(N3CCOCC3)n2)cc1)N1CCC(C(=O)O)CC1. The molecule has 1 unspecified atom stereocenters. The van der Waals surface area contributed by atoms with Gasteiger partial charge in [0, 0.05) is 37.4 Å². The third-order valence-corrected chi connectivity index (χ3v) is 6.71. The molecule has 2 fully saturated rings. The van der Waals surface area contributed by atoms with Crippen LogP contribution in [-0.4, -0.2) is 84.2 Å². The lowest BCUT2D eigenvalue weighted by atomic mass is 9.97. The first kappa shape index (κ1) is 27.7. The first-order chi connectivity index (χ1) is 18.8. The molecule has 2 aliphatic heterocycles. The number of likely N-dealkylation sites (tertiary alicyclic amines) is 1. The Kier molecular flexibility index (Phi) is 9.23. The predicted octanol–water partition coefficient (Wildman–Crippen LogP) is 1.54. The molecule has 0 radical (unpaired) electrons. The molecule has 2 saturated heterocycles. The Balaban J connectivity index is 1.30. The van der Waals surface area contributed by atoms with Gasteiger partial charge in [-0.25, -0.2) is 9.78 Å². The van der Waals surface area contributed by atoms with E-state index in [1.165, 1.54) is 6.08 Å². The third-order valence-electron chi connectivity index (χ3n) is 6.71. The first-order valence-electron chi connectivity index (χ1n) is 12.8. The quantitative estimate of drug-likeness (QED) is 0.274. The number of aromatic nitrogens is 1. The van der Waals surface area contributed by atoms with E-state index >= 15 is 0 Å². The van der Waals surface area contributed by atoms with Crippen LogP contribution in [0.3, 0.4) is 0 Å². The highest BCUT2D eigenvalue weighted by atomic mass is 16.5. The van der Waals surface area contributed by atoms with Gasteiger partial charge in [0.25, 0.3) is 5.91 Å². The van der Waals surface area contributed by atoms with Gasteiger partial charge in [-0.05, 0) is 61.4 Å². The van der Waals surface area contributed by atoms with E-state index in [0.29, 0.717) is 56.1 Å². The largest absolute Gasteiger partial charge is 0.481 e. The van der Waals surface area contributed by atoms with Crippen LogP contribution in [-0.2, 0) is 14.3 Å². The molecular formula is C27H32N6O6. The highest BCUT2D eigenvalue weighted by Gasteiger charge is 2.32. The second-order valence-corrected chi connectivity index (χ2v) is 9.35. The number of hydrogen-bond acceptors (Lipinski definition) is 8. The van der Waals surface area contributed by atoms with Crippen molar-refractivity contribution in [3.8, 4) is 0 Å². The van der Waals surface area contributed by atoms with Crippen molar-refractivity contribution in [1.29, 1.82) is 0 Å². The zero-order chi connectivity index (χ0) is 27.8. The van der Waals surface area contributed by atoms with Crippen LogP contribution in [0.15, 0.2) is 48.5 Å². The standard InChI is InChI=1S/C27H32N6O6/c28-24(35)25(33-12-10-19(11-13-33)26(36)37)31-27(38)30-21-6-4-18(5-7-21)22(34)9-8-20-2-1-3-23(29-20)32-14-16-39-17-15-32/h1-9,19,25H,10-17H2,(H2,28,35)(H,36,37)(H2,30,31,38). The van der Waals surface area contributed by atoms with Crippen LogP contribution in [0, 0.1) is 5.92 Å². The van der Waals surface area contributed by atoms with E-state index in [1.807, 2.05) is 18.2 Å². The number of carboxylic acid groups (broad SMARTS) is 1. The molecule has 39 heavy (non-hydrogen) atoms. The fraction of sp³-hybridized carbons (Fsp3) is 0.370. The molecule has 1 aromatic heterocycles. The number of primary amides is 1. The van der Waals surface area contributed by atoms with E-state index in [2.05, 4.69) is 20.5 Å². The van der Waals surface area contributed by atoms with Gasteiger partial charge in [0.2, 0.25) is 0 Å². The molecule has 1 atom stereocenters. The van der Waals surface area contributed by atoms with Crippen molar-refractivity contribution in [2.24, 2.45) is 11.7 Å².